The summed E-state index contributed by atoms with van der Waals surface area (Å²) in [7, 11) is 0. The second-order valence-corrected chi connectivity index (χ2v) is 4.70. The van der Waals surface area contributed by atoms with Gasteiger partial charge in [0.05, 0.1) is 11.5 Å². The van der Waals surface area contributed by atoms with Crippen LogP contribution >= 0.6 is 0 Å². The Kier molecular flexibility index (Phi) is 3.25. The fraction of sp³-hybridized carbons (Fsp3) is 0.200. The molecule has 0 atom stereocenters. The molecule has 0 unspecified atom stereocenters. The van der Waals surface area contributed by atoms with Crippen LogP contribution in [0.15, 0.2) is 42.5 Å². The summed E-state index contributed by atoms with van der Waals surface area (Å²) in [5, 5.41) is 13.9. The molecule has 0 aromatic heterocycles. The molecule has 1 N–H and O–H groups in total. The van der Waals surface area contributed by atoms with E-state index in [1.807, 2.05) is 12.1 Å². The van der Waals surface area contributed by atoms with Crippen molar-refractivity contribution in [1.29, 1.82) is 0 Å². The molecule has 1 heterocycles. The van der Waals surface area contributed by atoms with Gasteiger partial charge in [-0.15, -0.1) is 0 Å². The zero-order valence-corrected chi connectivity index (χ0v) is 10.8. The molecular formula is C15H14N2O3. The Bertz CT molecular complexity index is 638. The van der Waals surface area contributed by atoms with E-state index >= 15 is 0 Å². The Morgan fingerprint density at radius 3 is 2.75 bits per heavy atom. The molecule has 3 rings (SSSR count). The van der Waals surface area contributed by atoms with Crippen LogP contribution in [-0.4, -0.2) is 11.5 Å². The maximum absolute atomic E-state index is 10.6. The highest BCUT2D eigenvalue weighted by Crippen LogP contribution is 2.28. The van der Waals surface area contributed by atoms with Gasteiger partial charge in [-0.2, -0.15) is 0 Å². The second-order valence-electron chi connectivity index (χ2n) is 4.70. The third-order valence-corrected chi connectivity index (χ3v) is 3.33. The molecule has 102 valence electrons. The fourth-order valence-electron chi connectivity index (χ4n) is 2.24. The van der Waals surface area contributed by atoms with E-state index < -0.39 is 4.92 Å². The van der Waals surface area contributed by atoms with Crippen molar-refractivity contribution in [1.82, 2.24) is 0 Å². The number of nitro benzene ring substituents is 1. The van der Waals surface area contributed by atoms with Crippen molar-refractivity contribution in [3.8, 4) is 5.75 Å². The molecule has 20 heavy (non-hydrogen) atoms. The summed E-state index contributed by atoms with van der Waals surface area (Å²) in [4.78, 5) is 10.2. The zero-order valence-electron chi connectivity index (χ0n) is 10.8. The topological polar surface area (TPSA) is 64.4 Å². The molecule has 0 aliphatic carbocycles. The van der Waals surface area contributed by atoms with Crippen molar-refractivity contribution in [3.05, 3.63) is 63.7 Å². The van der Waals surface area contributed by atoms with Crippen molar-refractivity contribution in [2.75, 3.05) is 11.9 Å². The number of ether oxygens (including phenoxy) is 1. The highest BCUT2D eigenvalue weighted by molar-refractivity contribution is 5.52. The van der Waals surface area contributed by atoms with Crippen LogP contribution in [0.2, 0.25) is 0 Å². The van der Waals surface area contributed by atoms with Gasteiger partial charge in [0.15, 0.2) is 0 Å². The Morgan fingerprint density at radius 2 is 2.00 bits per heavy atom. The van der Waals surface area contributed by atoms with Crippen molar-refractivity contribution in [2.45, 2.75) is 13.0 Å². The van der Waals surface area contributed by atoms with Crippen LogP contribution in [0.3, 0.4) is 0 Å². The Labute approximate surface area is 116 Å². The van der Waals surface area contributed by atoms with Crippen molar-refractivity contribution in [2.24, 2.45) is 0 Å². The van der Waals surface area contributed by atoms with E-state index in [9.17, 15) is 10.1 Å². The molecular weight excluding hydrogens is 256 g/mol. The third-order valence-electron chi connectivity index (χ3n) is 3.33. The van der Waals surface area contributed by atoms with E-state index in [0.29, 0.717) is 6.54 Å². The van der Waals surface area contributed by atoms with Crippen LogP contribution in [0, 0.1) is 10.1 Å². The first-order chi connectivity index (χ1) is 9.72. The summed E-state index contributed by atoms with van der Waals surface area (Å²) in [6, 6.07) is 12.6. The normalized spacial score (nSPS) is 12.6. The number of nitrogens with one attached hydrogen (secondary N) is 1. The number of hydrogen-bond donors (Lipinski definition) is 1. The number of benzene rings is 2. The summed E-state index contributed by atoms with van der Waals surface area (Å²) in [6.07, 6.45) is 0.947. The highest BCUT2D eigenvalue weighted by Gasteiger charge is 2.11. The van der Waals surface area contributed by atoms with Crippen LogP contribution in [0.4, 0.5) is 11.4 Å². The first-order valence-corrected chi connectivity index (χ1v) is 6.45. The van der Waals surface area contributed by atoms with Crippen LogP contribution in [0.1, 0.15) is 11.1 Å². The molecule has 0 amide bonds. The molecule has 0 fully saturated rings. The molecule has 1 aliphatic heterocycles. The third kappa shape index (κ3) is 2.56. The average molecular weight is 270 g/mol. The minimum absolute atomic E-state index is 0.114. The number of fused-ring (bicyclic) bond motifs is 1. The van der Waals surface area contributed by atoms with Gasteiger partial charge in [0.25, 0.3) is 5.69 Å². The second kappa shape index (κ2) is 5.21. The SMILES string of the molecule is O=[N+]([O-])c1ccc(CNc2ccc3c(c2)CCO3)cc1. The van der Waals surface area contributed by atoms with Gasteiger partial charge in [-0.1, -0.05) is 12.1 Å². The van der Waals surface area contributed by atoms with Crippen molar-refractivity contribution < 1.29 is 9.66 Å². The molecule has 2 aromatic carbocycles. The molecule has 2 aromatic rings. The lowest BCUT2D eigenvalue weighted by molar-refractivity contribution is -0.384. The standard InChI is InChI=1S/C15H14N2O3/c18-17(19)14-4-1-11(2-5-14)10-16-13-3-6-15-12(9-13)7-8-20-15/h1-6,9,16H,7-8,10H2. The smallest absolute Gasteiger partial charge is 0.269 e. The summed E-state index contributed by atoms with van der Waals surface area (Å²) in [6.45, 7) is 1.39. The lowest BCUT2D eigenvalue weighted by Crippen LogP contribution is -1.99. The largest absolute Gasteiger partial charge is 0.493 e. The summed E-state index contributed by atoms with van der Waals surface area (Å²) < 4.78 is 5.46. The minimum Gasteiger partial charge on any atom is -0.493 e. The lowest BCUT2D eigenvalue weighted by Gasteiger charge is -2.08. The molecule has 0 spiro atoms. The first-order valence-electron chi connectivity index (χ1n) is 6.45. The predicted octanol–water partition coefficient (Wildman–Crippen LogP) is 3.14. The number of non-ortho nitro benzene ring substituents is 1. The number of nitrogens with zero attached hydrogens (tertiary/aromatic N) is 1. The van der Waals surface area contributed by atoms with E-state index in [2.05, 4.69) is 11.4 Å². The van der Waals surface area contributed by atoms with Gasteiger partial charge < -0.3 is 10.1 Å². The molecule has 0 bridgehead atoms. The summed E-state index contributed by atoms with van der Waals surface area (Å²) >= 11 is 0. The van der Waals surface area contributed by atoms with Crippen molar-refractivity contribution in [3.63, 3.8) is 0 Å². The summed E-state index contributed by atoms with van der Waals surface area (Å²) in [5.41, 5.74) is 3.38. The molecule has 0 radical (unpaired) electrons. The number of rotatable bonds is 4. The van der Waals surface area contributed by atoms with E-state index in [4.69, 9.17) is 4.74 Å². The monoisotopic (exact) mass is 270 g/mol. The maximum atomic E-state index is 10.6. The van der Waals surface area contributed by atoms with E-state index in [1.165, 1.54) is 17.7 Å². The van der Waals surface area contributed by atoms with Gasteiger partial charge in [0, 0.05) is 30.8 Å². The van der Waals surface area contributed by atoms with Gasteiger partial charge >= 0.3 is 0 Å². The molecule has 0 saturated heterocycles. The van der Waals surface area contributed by atoms with Gasteiger partial charge in [0.2, 0.25) is 0 Å². The number of nitro groups is 1. The van der Waals surface area contributed by atoms with Gasteiger partial charge in [-0.05, 0) is 29.3 Å². The van der Waals surface area contributed by atoms with E-state index in [0.717, 1.165) is 30.0 Å². The average Bonchev–Trinajstić information content (AvgIpc) is 2.93. The van der Waals surface area contributed by atoms with Crippen LogP contribution in [-0.2, 0) is 13.0 Å². The Balaban J connectivity index is 1.65. The lowest BCUT2D eigenvalue weighted by atomic mass is 10.1. The maximum Gasteiger partial charge on any atom is 0.269 e. The molecule has 1 aliphatic rings. The quantitative estimate of drug-likeness (QED) is 0.684. The minimum atomic E-state index is -0.391. The molecule has 5 nitrogen and oxygen atoms in total. The van der Waals surface area contributed by atoms with Crippen LogP contribution < -0.4 is 10.1 Å². The zero-order chi connectivity index (χ0) is 13.9. The van der Waals surface area contributed by atoms with E-state index in [-0.39, 0.29) is 5.69 Å². The van der Waals surface area contributed by atoms with Crippen molar-refractivity contribution >= 4 is 11.4 Å². The fourth-order valence-corrected chi connectivity index (χ4v) is 2.24. The molecule has 5 heteroatoms. The Morgan fingerprint density at radius 1 is 1.20 bits per heavy atom. The number of hydrogen-bond acceptors (Lipinski definition) is 4. The van der Waals surface area contributed by atoms with Crippen LogP contribution in [0.25, 0.3) is 0 Å². The highest BCUT2D eigenvalue weighted by atomic mass is 16.6. The number of anilines is 1. The summed E-state index contributed by atoms with van der Waals surface area (Å²) in [5.74, 6) is 0.964. The van der Waals surface area contributed by atoms with Gasteiger partial charge in [-0.25, -0.2) is 0 Å². The first kappa shape index (κ1) is 12.5. The Hall–Kier alpha value is -2.56. The van der Waals surface area contributed by atoms with Crippen LogP contribution in [0.5, 0.6) is 5.75 Å². The molecule has 0 saturated carbocycles. The van der Waals surface area contributed by atoms with E-state index in [1.54, 1.807) is 12.1 Å². The van der Waals surface area contributed by atoms with Gasteiger partial charge in [0.1, 0.15) is 5.75 Å². The van der Waals surface area contributed by atoms with Gasteiger partial charge in [-0.3, -0.25) is 10.1 Å². The predicted molar refractivity (Wildman–Crippen MR) is 76.1 cm³/mol.